The van der Waals surface area contributed by atoms with Gasteiger partial charge in [0, 0.05) is 18.0 Å². The molecule has 0 atom stereocenters. The number of rotatable bonds is 2. The number of benzene rings is 1. The van der Waals surface area contributed by atoms with Crippen molar-refractivity contribution in [2.45, 2.75) is 19.3 Å². The molecular formula is C16H18N4O. The Hall–Kier alpha value is -2.56. The number of allylic oxidation sites excluding steroid dienone is 1. The smallest absolute Gasteiger partial charge is 0.273 e. The summed E-state index contributed by atoms with van der Waals surface area (Å²) in [6.45, 7) is 4.18. The Morgan fingerprint density at radius 3 is 3.05 bits per heavy atom. The van der Waals surface area contributed by atoms with Gasteiger partial charge in [0.2, 0.25) is 0 Å². The van der Waals surface area contributed by atoms with Gasteiger partial charge in [0.25, 0.3) is 5.91 Å². The fourth-order valence-electron chi connectivity index (χ4n) is 3.18. The number of nitrogens with two attached hydrogens (primary N) is 1. The SMILES string of the molecule is C=C1CCCc2c(C(=O)NC=NN)n(C)c3cccc1c23. The molecule has 0 radical (unpaired) electrons. The normalized spacial score (nSPS) is 14.6. The molecule has 0 unspecified atom stereocenters. The van der Waals surface area contributed by atoms with Crippen LogP contribution in [0.5, 0.6) is 0 Å². The average molecular weight is 282 g/mol. The average Bonchev–Trinajstić information content (AvgIpc) is 2.66. The highest BCUT2D eigenvalue weighted by Crippen LogP contribution is 2.37. The number of hydrazone groups is 1. The molecule has 0 saturated carbocycles. The number of hydrogen-bond acceptors (Lipinski definition) is 3. The maximum Gasteiger partial charge on any atom is 0.273 e. The summed E-state index contributed by atoms with van der Waals surface area (Å²) >= 11 is 0. The molecule has 3 rings (SSSR count). The summed E-state index contributed by atoms with van der Waals surface area (Å²) < 4.78 is 1.94. The molecule has 0 saturated heterocycles. The first-order valence-electron chi connectivity index (χ1n) is 6.96. The zero-order valence-electron chi connectivity index (χ0n) is 12.0. The van der Waals surface area contributed by atoms with E-state index in [9.17, 15) is 4.79 Å². The van der Waals surface area contributed by atoms with Gasteiger partial charge in [-0.3, -0.25) is 4.79 Å². The number of nitrogens with one attached hydrogen (secondary N) is 1. The van der Waals surface area contributed by atoms with Gasteiger partial charge < -0.3 is 15.7 Å². The molecule has 0 aliphatic heterocycles. The summed E-state index contributed by atoms with van der Waals surface area (Å²) in [6.07, 6.45) is 4.04. The fourth-order valence-corrected chi connectivity index (χ4v) is 3.18. The number of hydrogen-bond donors (Lipinski definition) is 2. The molecule has 1 aliphatic rings. The van der Waals surface area contributed by atoms with Crippen molar-refractivity contribution in [3.63, 3.8) is 0 Å². The molecule has 1 aromatic heterocycles. The van der Waals surface area contributed by atoms with Gasteiger partial charge in [-0.05, 0) is 42.0 Å². The molecular weight excluding hydrogens is 264 g/mol. The monoisotopic (exact) mass is 282 g/mol. The van der Waals surface area contributed by atoms with Crippen LogP contribution >= 0.6 is 0 Å². The van der Waals surface area contributed by atoms with Gasteiger partial charge in [0.1, 0.15) is 12.0 Å². The minimum Gasteiger partial charge on any atom is -0.339 e. The molecule has 1 heterocycles. The van der Waals surface area contributed by atoms with Crippen molar-refractivity contribution in [1.29, 1.82) is 0 Å². The van der Waals surface area contributed by atoms with Gasteiger partial charge in [-0.25, -0.2) is 0 Å². The lowest BCUT2D eigenvalue weighted by Gasteiger charge is -2.07. The van der Waals surface area contributed by atoms with Gasteiger partial charge >= 0.3 is 0 Å². The standard InChI is InChI=1S/C16H18N4O/c1-10-5-3-7-12-14-11(10)6-4-8-13(14)20(2)15(12)16(21)18-9-19-17/h4,6,8-9H,1,3,5,7,17H2,2H3,(H,18,19,21). The number of aromatic nitrogens is 1. The Bertz CT molecular complexity index is 770. The van der Waals surface area contributed by atoms with Gasteiger partial charge in [0.05, 0.1) is 0 Å². The lowest BCUT2D eigenvalue weighted by atomic mass is 10.0. The second kappa shape index (κ2) is 5.09. The van der Waals surface area contributed by atoms with Crippen molar-refractivity contribution in [3.8, 4) is 0 Å². The number of carbonyl (C=O) groups excluding carboxylic acids is 1. The quantitative estimate of drug-likeness (QED) is 0.383. The molecule has 1 aliphatic carbocycles. The molecule has 3 N–H and O–H groups in total. The zero-order chi connectivity index (χ0) is 15.0. The molecule has 1 amide bonds. The van der Waals surface area contributed by atoms with E-state index in [1.54, 1.807) is 0 Å². The van der Waals surface area contributed by atoms with E-state index >= 15 is 0 Å². The van der Waals surface area contributed by atoms with Crippen molar-refractivity contribution >= 4 is 28.7 Å². The van der Waals surface area contributed by atoms with Crippen LogP contribution in [0.3, 0.4) is 0 Å². The van der Waals surface area contributed by atoms with Crippen molar-refractivity contribution in [2.75, 3.05) is 0 Å². The van der Waals surface area contributed by atoms with Crippen LogP contribution in [0.15, 0.2) is 29.9 Å². The number of carbonyl (C=O) groups is 1. The van der Waals surface area contributed by atoms with E-state index in [0.717, 1.165) is 46.9 Å². The lowest BCUT2D eigenvalue weighted by Crippen LogP contribution is -2.25. The van der Waals surface area contributed by atoms with Crippen LogP contribution in [-0.2, 0) is 13.5 Å². The first kappa shape index (κ1) is 13.4. The molecule has 0 fully saturated rings. The first-order chi connectivity index (χ1) is 10.1. The Morgan fingerprint density at radius 2 is 2.29 bits per heavy atom. The van der Waals surface area contributed by atoms with Crippen LogP contribution < -0.4 is 11.2 Å². The van der Waals surface area contributed by atoms with Gasteiger partial charge in [-0.1, -0.05) is 18.7 Å². The highest BCUT2D eigenvalue weighted by molar-refractivity contribution is 6.08. The molecule has 5 nitrogen and oxygen atoms in total. The van der Waals surface area contributed by atoms with Crippen LogP contribution in [-0.4, -0.2) is 16.8 Å². The van der Waals surface area contributed by atoms with E-state index < -0.39 is 0 Å². The third kappa shape index (κ3) is 2.01. The predicted octanol–water partition coefficient (Wildman–Crippen LogP) is 2.16. The zero-order valence-corrected chi connectivity index (χ0v) is 12.0. The van der Waals surface area contributed by atoms with Crippen LogP contribution in [0, 0.1) is 0 Å². The van der Waals surface area contributed by atoms with Crippen LogP contribution in [0.1, 0.15) is 34.5 Å². The minimum absolute atomic E-state index is 0.184. The van der Waals surface area contributed by atoms with Crippen molar-refractivity contribution in [2.24, 2.45) is 18.0 Å². The van der Waals surface area contributed by atoms with E-state index in [2.05, 4.69) is 23.1 Å². The molecule has 21 heavy (non-hydrogen) atoms. The molecule has 1 aromatic carbocycles. The maximum atomic E-state index is 12.4. The van der Waals surface area contributed by atoms with Crippen molar-refractivity contribution < 1.29 is 4.79 Å². The fraction of sp³-hybridized carbons (Fsp3) is 0.250. The van der Waals surface area contributed by atoms with Crippen LogP contribution in [0.25, 0.3) is 16.5 Å². The van der Waals surface area contributed by atoms with Crippen LogP contribution in [0.2, 0.25) is 0 Å². The van der Waals surface area contributed by atoms with E-state index in [1.165, 1.54) is 6.34 Å². The summed E-state index contributed by atoms with van der Waals surface area (Å²) in [7, 11) is 1.91. The Labute approximate surface area is 123 Å². The summed E-state index contributed by atoms with van der Waals surface area (Å²) in [4.78, 5) is 12.4. The van der Waals surface area contributed by atoms with Gasteiger partial charge in [-0.2, -0.15) is 5.10 Å². The maximum absolute atomic E-state index is 12.4. The van der Waals surface area contributed by atoms with E-state index in [-0.39, 0.29) is 5.91 Å². The molecule has 5 heteroatoms. The predicted molar refractivity (Wildman–Crippen MR) is 85.0 cm³/mol. The molecule has 2 aromatic rings. The second-order valence-electron chi connectivity index (χ2n) is 5.29. The molecule has 108 valence electrons. The van der Waals surface area contributed by atoms with Crippen molar-refractivity contribution in [1.82, 2.24) is 9.88 Å². The Kier molecular flexibility index (Phi) is 3.25. The highest BCUT2D eigenvalue weighted by Gasteiger charge is 2.24. The van der Waals surface area contributed by atoms with Gasteiger partial charge in [-0.15, -0.1) is 0 Å². The second-order valence-corrected chi connectivity index (χ2v) is 5.29. The minimum atomic E-state index is -0.184. The number of aryl methyl sites for hydroxylation is 2. The molecule has 0 bridgehead atoms. The molecule has 0 spiro atoms. The first-order valence-corrected chi connectivity index (χ1v) is 6.96. The van der Waals surface area contributed by atoms with E-state index in [1.807, 2.05) is 23.7 Å². The summed E-state index contributed by atoms with van der Waals surface area (Å²) in [5, 5.41) is 7.07. The Morgan fingerprint density at radius 1 is 1.48 bits per heavy atom. The van der Waals surface area contributed by atoms with E-state index in [4.69, 9.17) is 5.84 Å². The van der Waals surface area contributed by atoms with Gasteiger partial charge in [0.15, 0.2) is 0 Å². The number of amides is 1. The van der Waals surface area contributed by atoms with E-state index in [0.29, 0.717) is 5.69 Å². The topological polar surface area (TPSA) is 72.4 Å². The third-order valence-corrected chi connectivity index (χ3v) is 4.10. The third-order valence-electron chi connectivity index (χ3n) is 4.10. The summed E-state index contributed by atoms with van der Waals surface area (Å²) in [6, 6.07) is 6.14. The summed E-state index contributed by atoms with van der Waals surface area (Å²) in [5.41, 5.74) is 5.11. The Balaban J connectivity index is 2.28. The van der Waals surface area contributed by atoms with Crippen LogP contribution in [0.4, 0.5) is 0 Å². The highest BCUT2D eigenvalue weighted by atomic mass is 16.1. The lowest BCUT2D eigenvalue weighted by molar-refractivity contribution is 0.0970. The summed E-state index contributed by atoms with van der Waals surface area (Å²) in [5.74, 6) is 4.87. The van der Waals surface area contributed by atoms with Crippen molar-refractivity contribution in [3.05, 3.63) is 41.6 Å². The number of nitrogens with zero attached hydrogens (tertiary/aromatic N) is 2. The largest absolute Gasteiger partial charge is 0.339 e.